The molecule has 0 unspecified atom stereocenters. The lowest BCUT2D eigenvalue weighted by molar-refractivity contribution is 0.0727. The fourth-order valence-electron chi connectivity index (χ4n) is 5.04. The Morgan fingerprint density at radius 2 is 1.28 bits per heavy atom. The maximum Gasteiger partial charge on any atom is 0.346 e. The molecular formula is C31H30F4O4. The van der Waals surface area contributed by atoms with Gasteiger partial charge in [0.05, 0.1) is 11.1 Å². The SMILES string of the molecule is CCCC1CCC(CCc2ccc(C(=O)Oc3ccc(C(=O)Oc4cc(F)c(F)c(F)c4)c(F)c3)cc2)CC1. The van der Waals surface area contributed by atoms with Crippen molar-refractivity contribution >= 4 is 11.9 Å². The van der Waals surface area contributed by atoms with Crippen LogP contribution in [0.3, 0.4) is 0 Å². The van der Waals surface area contributed by atoms with Crippen molar-refractivity contribution in [2.75, 3.05) is 0 Å². The lowest BCUT2D eigenvalue weighted by Gasteiger charge is -2.28. The summed E-state index contributed by atoms with van der Waals surface area (Å²) in [5.41, 5.74) is 0.864. The Labute approximate surface area is 224 Å². The highest BCUT2D eigenvalue weighted by Crippen LogP contribution is 2.34. The highest BCUT2D eigenvalue weighted by Gasteiger charge is 2.21. The molecule has 0 aliphatic heterocycles. The van der Waals surface area contributed by atoms with Gasteiger partial charge in [-0.2, -0.15) is 0 Å². The molecule has 1 saturated carbocycles. The van der Waals surface area contributed by atoms with Gasteiger partial charge < -0.3 is 9.47 Å². The van der Waals surface area contributed by atoms with Crippen LogP contribution in [-0.4, -0.2) is 11.9 Å². The van der Waals surface area contributed by atoms with E-state index in [1.807, 2.05) is 12.1 Å². The second-order valence-electron chi connectivity index (χ2n) is 10.0. The van der Waals surface area contributed by atoms with Gasteiger partial charge in [0, 0.05) is 18.2 Å². The molecule has 8 heteroatoms. The monoisotopic (exact) mass is 542 g/mol. The Balaban J connectivity index is 1.30. The van der Waals surface area contributed by atoms with Gasteiger partial charge in [0.2, 0.25) is 0 Å². The molecule has 0 atom stereocenters. The second-order valence-corrected chi connectivity index (χ2v) is 10.0. The quantitative estimate of drug-likeness (QED) is 0.118. The fourth-order valence-corrected chi connectivity index (χ4v) is 5.04. The second kappa shape index (κ2) is 12.9. The third-order valence-corrected chi connectivity index (χ3v) is 7.23. The van der Waals surface area contributed by atoms with Gasteiger partial charge in [-0.3, -0.25) is 0 Å². The number of carbonyl (C=O) groups is 2. The number of hydrogen-bond acceptors (Lipinski definition) is 4. The molecule has 0 amide bonds. The molecule has 0 aromatic heterocycles. The van der Waals surface area contributed by atoms with E-state index in [0.717, 1.165) is 42.4 Å². The highest BCUT2D eigenvalue weighted by molar-refractivity contribution is 5.93. The van der Waals surface area contributed by atoms with E-state index in [-0.39, 0.29) is 5.75 Å². The maximum absolute atomic E-state index is 14.5. The summed E-state index contributed by atoms with van der Waals surface area (Å²) in [6.07, 6.45) is 9.86. The number of carbonyl (C=O) groups excluding carboxylic acids is 2. The molecule has 0 saturated heterocycles. The first-order chi connectivity index (χ1) is 18.7. The third kappa shape index (κ3) is 7.46. The third-order valence-electron chi connectivity index (χ3n) is 7.23. The first-order valence-corrected chi connectivity index (χ1v) is 13.2. The van der Waals surface area contributed by atoms with Crippen LogP contribution in [0.4, 0.5) is 17.6 Å². The standard InChI is InChI=1S/C31H30F4O4/c1-2-3-19-4-6-20(7-5-19)8-9-21-10-12-22(13-11-21)30(36)38-23-14-15-25(26(32)16-23)31(37)39-24-17-27(33)29(35)28(34)18-24/h10-20H,2-9H2,1H3. The summed E-state index contributed by atoms with van der Waals surface area (Å²) in [6, 6.07) is 11.1. The average Bonchev–Trinajstić information content (AvgIpc) is 2.91. The summed E-state index contributed by atoms with van der Waals surface area (Å²) in [5.74, 6) is -7.01. The molecule has 0 N–H and O–H groups in total. The number of aryl methyl sites for hydroxylation is 1. The molecule has 1 fully saturated rings. The van der Waals surface area contributed by atoms with Crippen LogP contribution in [-0.2, 0) is 6.42 Å². The van der Waals surface area contributed by atoms with Gasteiger partial charge in [-0.25, -0.2) is 27.2 Å². The summed E-state index contributed by atoms with van der Waals surface area (Å²) in [7, 11) is 0. The molecule has 0 bridgehead atoms. The van der Waals surface area contributed by atoms with E-state index in [1.54, 1.807) is 12.1 Å². The van der Waals surface area contributed by atoms with Crippen LogP contribution in [0, 0.1) is 35.1 Å². The highest BCUT2D eigenvalue weighted by atomic mass is 19.2. The normalized spacial score (nSPS) is 17.1. The van der Waals surface area contributed by atoms with Crippen LogP contribution in [0.5, 0.6) is 11.5 Å². The summed E-state index contributed by atoms with van der Waals surface area (Å²) in [5, 5.41) is 0. The van der Waals surface area contributed by atoms with Crippen LogP contribution >= 0.6 is 0 Å². The molecule has 39 heavy (non-hydrogen) atoms. The molecule has 3 aromatic carbocycles. The van der Waals surface area contributed by atoms with E-state index in [4.69, 9.17) is 9.47 Å². The number of rotatable bonds is 9. The maximum atomic E-state index is 14.5. The van der Waals surface area contributed by atoms with Gasteiger partial charge in [0.15, 0.2) is 17.5 Å². The van der Waals surface area contributed by atoms with Gasteiger partial charge in [-0.15, -0.1) is 0 Å². The number of hydrogen-bond donors (Lipinski definition) is 0. The molecule has 206 valence electrons. The minimum atomic E-state index is -1.72. The zero-order valence-electron chi connectivity index (χ0n) is 21.7. The molecule has 0 radical (unpaired) electrons. The summed E-state index contributed by atoms with van der Waals surface area (Å²) < 4.78 is 64.2. The summed E-state index contributed by atoms with van der Waals surface area (Å²) in [4.78, 5) is 24.8. The van der Waals surface area contributed by atoms with Gasteiger partial charge >= 0.3 is 11.9 Å². The number of benzene rings is 3. The molecule has 3 aromatic rings. The molecular weight excluding hydrogens is 512 g/mol. The van der Waals surface area contributed by atoms with E-state index in [2.05, 4.69) is 6.92 Å². The van der Waals surface area contributed by atoms with Crippen LogP contribution < -0.4 is 9.47 Å². The Morgan fingerprint density at radius 1 is 0.718 bits per heavy atom. The van der Waals surface area contributed by atoms with E-state index in [0.29, 0.717) is 17.7 Å². The van der Waals surface area contributed by atoms with E-state index >= 15 is 0 Å². The van der Waals surface area contributed by atoms with Crippen molar-refractivity contribution in [1.29, 1.82) is 0 Å². The van der Waals surface area contributed by atoms with Crippen molar-refractivity contribution in [2.45, 2.75) is 58.3 Å². The number of ether oxygens (including phenoxy) is 2. The summed E-state index contributed by atoms with van der Waals surface area (Å²) >= 11 is 0. The predicted molar refractivity (Wildman–Crippen MR) is 138 cm³/mol. The van der Waals surface area contributed by atoms with Gasteiger partial charge in [-0.1, -0.05) is 57.6 Å². The predicted octanol–water partition coefficient (Wildman–Crippen LogP) is 8.22. The van der Waals surface area contributed by atoms with Crippen molar-refractivity contribution in [3.05, 3.63) is 94.6 Å². The van der Waals surface area contributed by atoms with Crippen molar-refractivity contribution < 1.29 is 36.6 Å². The van der Waals surface area contributed by atoms with Gasteiger partial charge in [0.1, 0.15) is 17.3 Å². The molecule has 0 heterocycles. The first kappa shape index (κ1) is 28.3. The summed E-state index contributed by atoms with van der Waals surface area (Å²) in [6.45, 7) is 2.24. The van der Waals surface area contributed by atoms with Crippen molar-refractivity contribution in [3.8, 4) is 11.5 Å². The van der Waals surface area contributed by atoms with Crippen LogP contribution in [0.25, 0.3) is 0 Å². The Hall–Kier alpha value is -3.68. The molecule has 4 nitrogen and oxygen atoms in total. The molecule has 0 spiro atoms. The van der Waals surface area contributed by atoms with E-state index in [9.17, 15) is 27.2 Å². The fraction of sp³-hybridized carbons (Fsp3) is 0.355. The largest absolute Gasteiger partial charge is 0.423 e. The minimum Gasteiger partial charge on any atom is -0.423 e. The van der Waals surface area contributed by atoms with Crippen LogP contribution in [0.1, 0.15) is 78.1 Å². The lowest BCUT2D eigenvalue weighted by Crippen LogP contribution is -2.15. The Morgan fingerprint density at radius 3 is 1.87 bits per heavy atom. The van der Waals surface area contributed by atoms with Crippen LogP contribution in [0.15, 0.2) is 54.6 Å². The smallest absolute Gasteiger partial charge is 0.346 e. The van der Waals surface area contributed by atoms with Crippen molar-refractivity contribution in [2.24, 2.45) is 11.8 Å². The zero-order valence-corrected chi connectivity index (χ0v) is 21.7. The zero-order chi connectivity index (χ0) is 27.9. The lowest BCUT2D eigenvalue weighted by atomic mass is 9.78. The van der Waals surface area contributed by atoms with Gasteiger partial charge in [-0.05, 0) is 54.5 Å². The topological polar surface area (TPSA) is 52.6 Å². The molecule has 4 rings (SSSR count). The van der Waals surface area contributed by atoms with Crippen molar-refractivity contribution in [1.82, 2.24) is 0 Å². The number of halogens is 4. The van der Waals surface area contributed by atoms with Crippen LogP contribution in [0.2, 0.25) is 0 Å². The Kier molecular flexibility index (Phi) is 9.38. The first-order valence-electron chi connectivity index (χ1n) is 13.2. The van der Waals surface area contributed by atoms with Gasteiger partial charge in [0.25, 0.3) is 0 Å². The van der Waals surface area contributed by atoms with E-state index < -0.39 is 46.5 Å². The minimum absolute atomic E-state index is 0.143. The average molecular weight is 543 g/mol. The van der Waals surface area contributed by atoms with E-state index in [1.165, 1.54) is 44.6 Å². The molecule has 1 aliphatic rings. The van der Waals surface area contributed by atoms with Crippen molar-refractivity contribution in [3.63, 3.8) is 0 Å². The Bertz CT molecular complexity index is 1290. The molecule has 1 aliphatic carbocycles. The number of esters is 2.